The fourth-order valence-electron chi connectivity index (χ4n) is 1.78. The van der Waals surface area contributed by atoms with Gasteiger partial charge in [-0.15, -0.1) is 0 Å². The smallest absolute Gasteiger partial charge is 0.341 e. The summed E-state index contributed by atoms with van der Waals surface area (Å²) in [5.74, 6) is -0.472. The first kappa shape index (κ1) is 14.6. The van der Waals surface area contributed by atoms with Crippen molar-refractivity contribution in [1.82, 2.24) is 9.88 Å². The number of hydrogen-bond acceptors (Lipinski definition) is 5. The molecule has 6 heteroatoms. The van der Waals surface area contributed by atoms with E-state index in [1.165, 1.54) is 6.20 Å². The zero-order valence-corrected chi connectivity index (χ0v) is 12.1. The highest BCUT2D eigenvalue weighted by Crippen LogP contribution is 2.26. The van der Waals surface area contributed by atoms with Crippen molar-refractivity contribution in [2.24, 2.45) is 0 Å². The summed E-state index contributed by atoms with van der Waals surface area (Å²) in [4.78, 5) is 18.3. The molecule has 0 amide bonds. The van der Waals surface area contributed by atoms with E-state index in [0.29, 0.717) is 29.4 Å². The first-order valence-corrected chi connectivity index (χ1v) is 6.52. The van der Waals surface area contributed by atoms with E-state index < -0.39 is 5.97 Å². The summed E-state index contributed by atoms with van der Waals surface area (Å²) in [6, 6.07) is 5.17. The van der Waals surface area contributed by atoms with Crippen molar-refractivity contribution in [3.63, 3.8) is 0 Å². The Bertz CT molecular complexity index is 644. The minimum atomic E-state index is -0.472. The van der Waals surface area contributed by atoms with E-state index in [1.54, 1.807) is 18.2 Å². The minimum Gasteiger partial charge on any atom is -0.461 e. The number of nitrogens with zero attached hydrogens (tertiary/aromatic N) is 2. The van der Waals surface area contributed by atoms with Gasteiger partial charge in [0.25, 0.3) is 0 Å². The maximum absolute atomic E-state index is 12.1. The van der Waals surface area contributed by atoms with E-state index in [4.69, 9.17) is 22.1 Å². The van der Waals surface area contributed by atoms with E-state index in [-0.39, 0.29) is 5.56 Å². The average molecular weight is 294 g/mol. The third-order valence-corrected chi connectivity index (χ3v) is 3.11. The lowest BCUT2D eigenvalue weighted by atomic mass is 10.1. The maximum Gasteiger partial charge on any atom is 0.341 e. The second-order valence-electron chi connectivity index (χ2n) is 4.70. The van der Waals surface area contributed by atoms with Crippen molar-refractivity contribution in [3.8, 4) is 0 Å². The lowest BCUT2D eigenvalue weighted by Gasteiger charge is -2.11. The van der Waals surface area contributed by atoms with E-state index in [2.05, 4.69) is 4.98 Å². The molecule has 106 valence electrons. The summed E-state index contributed by atoms with van der Waals surface area (Å²) in [7, 11) is 3.81. The van der Waals surface area contributed by atoms with Gasteiger partial charge < -0.3 is 15.4 Å². The first-order valence-electron chi connectivity index (χ1n) is 6.14. The molecule has 20 heavy (non-hydrogen) atoms. The van der Waals surface area contributed by atoms with Crippen LogP contribution >= 0.6 is 11.6 Å². The van der Waals surface area contributed by atoms with Gasteiger partial charge in [0.1, 0.15) is 12.2 Å². The molecular weight excluding hydrogens is 278 g/mol. The third-order valence-electron chi connectivity index (χ3n) is 2.80. The number of pyridine rings is 1. The number of carbonyl (C=O) groups excluding carboxylic acids is 1. The molecule has 0 spiro atoms. The van der Waals surface area contributed by atoms with Crippen molar-refractivity contribution < 1.29 is 9.53 Å². The molecule has 0 atom stereocenters. The van der Waals surface area contributed by atoms with Gasteiger partial charge in [0, 0.05) is 11.9 Å². The van der Waals surface area contributed by atoms with E-state index in [1.807, 2.05) is 19.0 Å². The van der Waals surface area contributed by atoms with Gasteiger partial charge in [-0.3, -0.25) is 4.98 Å². The van der Waals surface area contributed by atoms with Gasteiger partial charge in [0.05, 0.1) is 22.4 Å². The molecule has 1 heterocycles. The van der Waals surface area contributed by atoms with E-state index in [0.717, 1.165) is 5.39 Å². The Morgan fingerprint density at radius 3 is 2.90 bits per heavy atom. The predicted octanol–water partition coefficient (Wildman–Crippen LogP) is 2.19. The minimum absolute atomic E-state index is 0.280. The van der Waals surface area contributed by atoms with Gasteiger partial charge in [-0.05, 0) is 26.2 Å². The number of carbonyl (C=O) groups is 1. The molecule has 2 rings (SSSR count). The number of benzene rings is 1. The van der Waals surface area contributed by atoms with Gasteiger partial charge in [-0.1, -0.05) is 17.7 Å². The standard InChI is InChI=1S/C14H16ClN3O2/c1-18(2)5-6-20-14(19)12-11(15)4-3-9-7-10(16)8-17-13(9)12/h3-4,7-8H,5-6,16H2,1-2H3. The highest BCUT2D eigenvalue weighted by Gasteiger charge is 2.17. The van der Waals surface area contributed by atoms with Gasteiger partial charge in [0.15, 0.2) is 0 Å². The molecule has 0 aliphatic heterocycles. The number of aromatic nitrogens is 1. The Kier molecular flexibility index (Phi) is 4.42. The molecule has 0 aliphatic carbocycles. The Balaban J connectivity index is 2.32. The van der Waals surface area contributed by atoms with E-state index in [9.17, 15) is 4.79 Å². The summed E-state index contributed by atoms with van der Waals surface area (Å²) in [5.41, 5.74) is 7.00. The lowest BCUT2D eigenvalue weighted by Crippen LogP contribution is -2.20. The van der Waals surface area contributed by atoms with Crippen molar-refractivity contribution in [1.29, 1.82) is 0 Å². The summed E-state index contributed by atoms with van der Waals surface area (Å²) < 4.78 is 5.22. The van der Waals surface area contributed by atoms with E-state index >= 15 is 0 Å². The van der Waals surface area contributed by atoms with Gasteiger partial charge in [-0.25, -0.2) is 4.79 Å². The van der Waals surface area contributed by atoms with Crippen LogP contribution in [0.5, 0.6) is 0 Å². The molecule has 0 bridgehead atoms. The van der Waals surface area contributed by atoms with Crippen molar-refractivity contribution >= 4 is 34.2 Å². The quantitative estimate of drug-likeness (QED) is 0.875. The molecule has 0 unspecified atom stereocenters. The Morgan fingerprint density at radius 1 is 1.45 bits per heavy atom. The maximum atomic E-state index is 12.1. The molecule has 2 aromatic rings. The summed E-state index contributed by atoms with van der Waals surface area (Å²) >= 11 is 6.10. The largest absolute Gasteiger partial charge is 0.461 e. The van der Waals surface area contributed by atoms with Crippen LogP contribution in [-0.4, -0.2) is 43.1 Å². The normalized spacial score (nSPS) is 11.0. The van der Waals surface area contributed by atoms with Crippen molar-refractivity contribution in [3.05, 3.63) is 35.0 Å². The number of esters is 1. The lowest BCUT2D eigenvalue weighted by molar-refractivity contribution is 0.0484. The molecule has 0 aliphatic rings. The number of rotatable bonds is 4. The predicted molar refractivity (Wildman–Crippen MR) is 80.0 cm³/mol. The summed E-state index contributed by atoms with van der Waals surface area (Å²) in [6.45, 7) is 0.946. The Labute approximate surface area is 122 Å². The van der Waals surface area contributed by atoms with Crippen LogP contribution in [0.25, 0.3) is 10.9 Å². The van der Waals surface area contributed by atoms with Crippen molar-refractivity contribution in [2.75, 3.05) is 33.0 Å². The van der Waals surface area contributed by atoms with Crippen LogP contribution in [0.3, 0.4) is 0 Å². The van der Waals surface area contributed by atoms with Crippen LogP contribution < -0.4 is 5.73 Å². The monoisotopic (exact) mass is 293 g/mol. The Hall–Kier alpha value is -1.85. The van der Waals surface area contributed by atoms with Crippen LogP contribution in [-0.2, 0) is 4.74 Å². The molecular formula is C14H16ClN3O2. The van der Waals surface area contributed by atoms with Crippen molar-refractivity contribution in [2.45, 2.75) is 0 Å². The van der Waals surface area contributed by atoms with Gasteiger partial charge in [0.2, 0.25) is 0 Å². The summed E-state index contributed by atoms with van der Waals surface area (Å²) in [6.07, 6.45) is 1.50. The SMILES string of the molecule is CN(C)CCOC(=O)c1c(Cl)ccc2cc(N)cnc12. The first-order chi connectivity index (χ1) is 9.49. The Morgan fingerprint density at radius 2 is 2.20 bits per heavy atom. The van der Waals surface area contributed by atoms with Crippen LogP contribution in [0, 0.1) is 0 Å². The highest BCUT2D eigenvalue weighted by molar-refractivity contribution is 6.35. The molecule has 0 saturated heterocycles. The molecule has 2 N–H and O–H groups in total. The molecule has 0 fully saturated rings. The van der Waals surface area contributed by atoms with Gasteiger partial charge in [-0.2, -0.15) is 0 Å². The zero-order valence-electron chi connectivity index (χ0n) is 11.4. The van der Waals surface area contributed by atoms with Gasteiger partial charge >= 0.3 is 5.97 Å². The number of likely N-dealkylation sites (N-methyl/N-ethyl adjacent to an activating group) is 1. The molecule has 0 radical (unpaired) electrons. The van der Waals surface area contributed by atoms with Crippen LogP contribution in [0.1, 0.15) is 10.4 Å². The number of hydrogen-bond donors (Lipinski definition) is 1. The molecule has 5 nitrogen and oxygen atoms in total. The molecule has 0 saturated carbocycles. The van der Waals surface area contributed by atoms with Crippen LogP contribution in [0.15, 0.2) is 24.4 Å². The number of ether oxygens (including phenoxy) is 1. The van der Waals surface area contributed by atoms with Crippen LogP contribution in [0.2, 0.25) is 5.02 Å². The number of fused-ring (bicyclic) bond motifs is 1. The average Bonchev–Trinajstić information content (AvgIpc) is 2.38. The molecule has 1 aromatic carbocycles. The number of halogens is 1. The highest BCUT2D eigenvalue weighted by atomic mass is 35.5. The fraction of sp³-hybridized carbons (Fsp3) is 0.286. The fourth-order valence-corrected chi connectivity index (χ4v) is 2.01. The zero-order chi connectivity index (χ0) is 14.7. The topological polar surface area (TPSA) is 68.5 Å². The third kappa shape index (κ3) is 3.18. The number of nitrogen functional groups attached to an aromatic ring is 1. The second kappa shape index (κ2) is 6.07. The number of anilines is 1. The number of nitrogens with two attached hydrogens (primary N) is 1. The van der Waals surface area contributed by atoms with Crippen LogP contribution in [0.4, 0.5) is 5.69 Å². The molecule has 1 aromatic heterocycles. The summed E-state index contributed by atoms with van der Waals surface area (Å²) in [5, 5.41) is 1.08. The second-order valence-corrected chi connectivity index (χ2v) is 5.11.